The number of rotatable bonds is 4. The first-order chi connectivity index (χ1) is 11.4. The van der Waals surface area contributed by atoms with Crippen LogP contribution in [0.5, 0.6) is 5.75 Å². The Morgan fingerprint density at radius 2 is 2.17 bits per heavy atom. The zero-order chi connectivity index (χ0) is 17.4. The highest BCUT2D eigenvalue weighted by molar-refractivity contribution is 7.15. The largest absolute Gasteiger partial charge is 0.482 e. The van der Waals surface area contributed by atoms with Gasteiger partial charge in [-0.3, -0.25) is 0 Å². The summed E-state index contributed by atoms with van der Waals surface area (Å²) in [6, 6.07) is 4.62. The number of β-amino-alcohol motifs (C(OH)–C–C–N with tert-alkyl or cyclic N) is 1. The molecule has 10 heteroatoms. The van der Waals surface area contributed by atoms with Crippen LogP contribution >= 0.6 is 34.5 Å². The van der Waals surface area contributed by atoms with Gasteiger partial charge < -0.3 is 14.7 Å². The summed E-state index contributed by atoms with van der Waals surface area (Å²) in [5.41, 5.74) is 0. The van der Waals surface area contributed by atoms with Crippen molar-refractivity contribution in [2.45, 2.75) is 19.3 Å². The third-order valence-electron chi connectivity index (χ3n) is 3.45. The number of hydrogen-bond acceptors (Lipinski definition) is 6. The molecule has 128 valence electrons. The van der Waals surface area contributed by atoms with E-state index in [2.05, 4.69) is 10.2 Å². The highest BCUT2D eigenvalue weighted by Crippen LogP contribution is 2.34. The molecule has 2 aromatic rings. The molecule has 1 aliphatic rings. The van der Waals surface area contributed by atoms with Crippen LogP contribution in [0.2, 0.25) is 10.0 Å². The molecular weight excluding hydrogens is 375 g/mol. The van der Waals surface area contributed by atoms with Crippen LogP contribution in [0, 0.1) is 0 Å². The van der Waals surface area contributed by atoms with Crippen molar-refractivity contribution in [2.75, 3.05) is 18.5 Å². The van der Waals surface area contributed by atoms with Crippen LogP contribution in [0.3, 0.4) is 0 Å². The van der Waals surface area contributed by atoms with Gasteiger partial charge in [0.05, 0.1) is 11.6 Å². The second kappa shape index (κ2) is 6.72. The quantitative estimate of drug-likeness (QED) is 0.869. The fraction of sp³-hybridized carbons (Fsp3) is 0.357. The third kappa shape index (κ3) is 3.27. The molecule has 0 aliphatic carbocycles. The average molecular weight is 389 g/mol. The molecule has 0 spiro atoms. The van der Waals surface area contributed by atoms with Gasteiger partial charge in [-0.15, -0.1) is 10.2 Å². The molecule has 1 N–H and O–H groups in total. The first kappa shape index (κ1) is 17.2. The number of benzene rings is 1. The predicted octanol–water partition coefficient (Wildman–Crippen LogP) is 3.18. The summed E-state index contributed by atoms with van der Waals surface area (Å²) in [7, 11) is 1.61. The molecule has 1 aromatic heterocycles. The SMILES string of the molecule is CC(Oc1ccc(Cl)cc1Cl)c1nnc(N2C(=O)N(C)CC2O)s1. The summed E-state index contributed by atoms with van der Waals surface area (Å²) >= 11 is 13.1. The number of likely N-dealkylation sites (N-methyl/N-ethyl adjacent to an activating group) is 1. The number of urea groups is 1. The maximum absolute atomic E-state index is 12.0. The van der Waals surface area contributed by atoms with Crippen molar-refractivity contribution in [3.63, 3.8) is 0 Å². The van der Waals surface area contributed by atoms with Gasteiger partial charge >= 0.3 is 6.03 Å². The van der Waals surface area contributed by atoms with Gasteiger partial charge in [-0.1, -0.05) is 34.5 Å². The number of amides is 2. The second-order valence-electron chi connectivity index (χ2n) is 5.27. The van der Waals surface area contributed by atoms with E-state index in [1.807, 2.05) is 0 Å². The zero-order valence-electron chi connectivity index (χ0n) is 12.8. The van der Waals surface area contributed by atoms with Gasteiger partial charge in [0.25, 0.3) is 0 Å². The molecule has 2 unspecified atom stereocenters. The number of aliphatic hydroxyl groups is 1. The molecule has 24 heavy (non-hydrogen) atoms. The maximum atomic E-state index is 12.0. The first-order valence-corrected chi connectivity index (χ1v) is 8.61. The Kier molecular flexibility index (Phi) is 4.82. The molecule has 1 fully saturated rings. The number of halogens is 2. The van der Waals surface area contributed by atoms with Crippen molar-refractivity contribution < 1.29 is 14.6 Å². The summed E-state index contributed by atoms with van der Waals surface area (Å²) in [4.78, 5) is 14.7. The van der Waals surface area contributed by atoms with Crippen LogP contribution < -0.4 is 9.64 Å². The lowest BCUT2D eigenvalue weighted by Gasteiger charge is -2.15. The van der Waals surface area contributed by atoms with Crippen LogP contribution in [0.4, 0.5) is 9.93 Å². The maximum Gasteiger partial charge on any atom is 0.328 e. The van der Waals surface area contributed by atoms with Crippen LogP contribution in [-0.4, -0.2) is 46.1 Å². The molecular formula is C14H14Cl2N4O3S. The number of anilines is 1. The molecule has 2 atom stereocenters. The van der Waals surface area contributed by atoms with Gasteiger partial charge in [0.2, 0.25) is 5.13 Å². The molecule has 1 saturated heterocycles. The number of ether oxygens (including phenoxy) is 1. The van der Waals surface area contributed by atoms with E-state index in [1.165, 1.54) is 21.1 Å². The number of nitrogens with zero attached hydrogens (tertiary/aromatic N) is 4. The fourth-order valence-corrected chi connectivity index (χ4v) is 3.54. The normalized spacial score (nSPS) is 19.0. The average Bonchev–Trinajstić information content (AvgIpc) is 3.08. The summed E-state index contributed by atoms with van der Waals surface area (Å²) in [5, 5.41) is 19.8. The molecule has 2 amide bonds. The van der Waals surface area contributed by atoms with E-state index < -0.39 is 12.3 Å². The summed E-state index contributed by atoms with van der Waals surface area (Å²) < 4.78 is 5.78. The molecule has 1 aliphatic heterocycles. The van der Waals surface area contributed by atoms with E-state index >= 15 is 0 Å². The highest BCUT2D eigenvalue weighted by atomic mass is 35.5. The Balaban J connectivity index is 1.76. The van der Waals surface area contributed by atoms with Gasteiger partial charge in [0.1, 0.15) is 11.9 Å². The number of hydrogen-bond donors (Lipinski definition) is 1. The molecule has 3 rings (SSSR count). The molecule has 7 nitrogen and oxygen atoms in total. The van der Waals surface area contributed by atoms with Crippen LogP contribution in [-0.2, 0) is 0 Å². The van der Waals surface area contributed by atoms with Gasteiger partial charge in [0.15, 0.2) is 11.2 Å². The van der Waals surface area contributed by atoms with Crippen molar-refractivity contribution in [1.29, 1.82) is 0 Å². The molecule has 0 radical (unpaired) electrons. The summed E-state index contributed by atoms with van der Waals surface area (Å²) in [6.07, 6.45) is -1.37. The topological polar surface area (TPSA) is 78.8 Å². The predicted molar refractivity (Wildman–Crippen MR) is 91.9 cm³/mol. The molecule has 0 bridgehead atoms. The minimum absolute atomic E-state index is 0.222. The van der Waals surface area contributed by atoms with Gasteiger partial charge in [-0.05, 0) is 25.1 Å². The standard InChI is InChI=1S/C14H14Cl2N4O3S/c1-7(23-10-4-3-8(15)5-9(10)16)12-17-18-13(24-12)20-11(21)6-19(2)14(20)22/h3-5,7,11,21H,6H2,1-2H3. The van der Waals surface area contributed by atoms with Crippen molar-refractivity contribution in [3.05, 3.63) is 33.3 Å². The molecule has 0 saturated carbocycles. The van der Waals surface area contributed by atoms with Crippen LogP contribution in [0.1, 0.15) is 18.0 Å². The van der Waals surface area contributed by atoms with Gasteiger partial charge in [0, 0.05) is 12.1 Å². The number of carbonyl (C=O) groups is 1. The minimum Gasteiger partial charge on any atom is -0.482 e. The second-order valence-corrected chi connectivity index (χ2v) is 7.10. The van der Waals surface area contributed by atoms with Crippen LogP contribution in [0.25, 0.3) is 0 Å². The van der Waals surface area contributed by atoms with Crippen molar-refractivity contribution >= 4 is 45.7 Å². The summed E-state index contributed by atoms with van der Waals surface area (Å²) in [6.45, 7) is 2.02. The van der Waals surface area contributed by atoms with Crippen molar-refractivity contribution in [1.82, 2.24) is 15.1 Å². The molecule has 2 heterocycles. The van der Waals surface area contributed by atoms with E-state index in [-0.39, 0.29) is 12.6 Å². The van der Waals surface area contributed by atoms with E-state index in [0.29, 0.717) is 25.9 Å². The van der Waals surface area contributed by atoms with Crippen LogP contribution in [0.15, 0.2) is 18.2 Å². The van der Waals surface area contributed by atoms with E-state index in [1.54, 1.807) is 32.2 Å². The van der Waals surface area contributed by atoms with Crippen molar-refractivity contribution in [3.8, 4) is 5.75 Å². The van der Waals surface area contributed by atoms with Gasteiger partial charge in [-0.25, -0.2) is 9.69 Å². The smallest absolute Gasteiger partial charge is 0.328 e. The number of carbonyl (C=O) groups excluding carboxylic acids is 1. The lowest BCUT2D eigenvalue weighted by atomic mass is 10.3. The lowest BCUT2D eigenvalue weighted by Crippen LogP contribution is -2.34. The third-order valence-corrected chi connectivity index (χ3v) is 5.06. The Morgan fingerprint density at radius 1 is 1.42 bits per heavy atom. The van der Waals surface area contributed by atoms with Gasteiger partial charge in [-0.2, -0.15) is 0 Å². The minimum atomic E-state index is -0.940. The Morgan fingerprint density at radius 3 is 2.79 bits per heavy atom. The number of aliphatic hydroxyl groups excluding tert-OH is 1. The first-order valence-electron chi connectivity index (χ1n) is 7.04. The fourth-order valence-electron chi connectivity index (χ4n) is 2.23. The Hall–Kier alpha value is -1.61. The highest BCUT2D eigenvalue weighted by Gasteiger charge is 2.37. The van der Waals surface area contributed by atoms with E-state index in [9.17, 15) is 9.90 Å². The molecule has 1 aromatic carbocycles. The van der Waals surface area contributed by atoms with E-state index in [0.717, 1.165) is 0 Å². The van der Waals surface area contributed by atoms with Crippen molar-refractivity contribution in [2.24, 2.45) is 0 Å². The van der Waals surface area contributed by atoms with E-state index in [4.69, 9.17) is 27.9 Å². The zero-order valence-corrected chi connectivity index (χ0v) is 15.1. The Bertz CT molecular complexity index is 772. The number of aromatic nitrogens is 2. The monoisotopic (exact) mass is 388 g/mol. The lowest BCUT2D eigenvalue weighted by molar-refractivity contribution is 0.183. The summed E-state index contributed by atoms with van der Waals surface area (Å²) in [5.74, 6) is 0.474. The Labute approximate surface area is 152 Å².